The zero-order chi connectivity index (χ0) is 5.70. The minimum absolute atomic E-state index is 0.403. The molecule has 0 aliphatic carbocycles. The Morgan fingerprint density at radius 2 is 2.43 bits per heavy atom. The molecule has 0 bridgehead atoms. The van der Waals surface area contributed by atoms with Gasteiger partial charge in [0.2, 0.25) is 0 Å². The molecule has 1 N–H and O–H groups in total. The van der Waals surface area contributed by atoms with Crippen LogP contribution in [0.15, 0.2) is 0 Å². The van der Waals surface area contributed by atoms with Gasteiger partial charge in [-0.1, -0.05) is 6.92 Å². The molecular formula is C6H12N. The van der Waals surface area contributed by atoms with Crippen LogP contribution < -0.4 is 5.32 Å². The van der Waals surface area contributed by atoms with Gasteiger partial charge in [0, 0.05) is 6.04 Å². The summed E-state index contributed by atoms with van der Waals surface area (Å²) >= 11 is 0. The van der Waals surface area contributed by atoms with Gasteiger partial charge in [-0.3, -0.25) is 0 Å². The Morgan fingerprint density at radius 3 is 2.43 bits per heavy atom. The van der Waals surface area contributed by atoms with Crippen LogP contribution in [0.2, 0.25) is 0 Å². The number of hydrogen-bond donors (Lipinski definition) is 1. The maximum atomic E-state index is 5.29. The highest BCUT2D eigenvalue weighted by Gasteiger charge is 1.94. The van der Waals surface area contributed by atoms with Crippen LogP contribution >= 0.6 is 0 Å². The molecule has 41 valence electrons. The summed E-state index contributed by atoms with van der Waals surface area (Å²) in [5, 5.41) is 3.01. The van der Waals surface area contributed by atoms with Crippen LogP contribution in [-0.4, -0.2) is 13.1 Å². The van der Waals surface area contributed by atoms with Crippen molar-refractivity contribution in [1.82, 2.24) is 5.32 Å². The van der Waals surface area contributed by atoms with Crippen molar-refractivity contribution in [3.05, 3.63) is 13.8 Å². The Bertz CT molecular complexity index is 25.7. The van der Waals surface area contributed by atoms with Crippen molar-refractivity contribution >= 4 is 0 Å². The zero-order valence-electron chi connectivity index (χ0n) is 4.78. The number of rotatable bonds is 3. The first-order valence-electron chi connectivity index (χ1n) is 2.51. The summed E-state index contributed by atoms with van der Waals surface area (Å²) in [4.78, 5) is 0. The molecule has 1 nitrogen and oxygen atoms in total. The standard InChI is InChI=1S/C6H12N/c1-4-6(5-2)7-3/h1,6-7H,2,4-5H2,3H3. The van der Waals surface area contributed by atoms with Gasteiger partial charge in [-0.05, 0) is 26.8 Å². The van der Waals surface area contributed by atoms with Crippen molar-refractivity contribution in [3.8, 4) is 0 Å². The van der Waals surface area contributed by atoms with Crippen LogP contribution in [0.4, 0.5) is 0 Å². The van der Waals surface area contributed by atoms with Crippen LogP contribution in [0.5, 0.6) is 0 Å². The highest BCUT2D eigenvalue weighted by molar-refractivity contribution is 4.65. The molecule has 0 aromatic heterocycles. The van der Waals surface area contributed by atoms with E-state index >= 15 is 0 Å². The van der Waals surface area contributed by atoms with Crippen LogP contribution in [0.3, 0.4) is 0 Å². The summed E-state index contributed by atoms with van der Waals surface area (Å²) in [6.07, 6.45) is 1.55. The molecule has 1 atom stereocenters. The van der Waals surface area contributed by atoms with E-state index in [1.165, 1.54) is 0 Å². The van der Waals surface area contributed by atoms with E-state index in [-0.39, 0.29) is 0 Å². The first-order valence-corrected chi connectivity index (χ1v) is 2.51. The Labute approximate surface area is 46.1 Å². The second kappa shape index (κ2) is 4.13. The molecule has 0 amide bonds. The minimum Gasteiger partial charge on any atom is -0.317 e. The lowest BCUT2D eigenvalue weighted by Crippen LogP contribution is -2.22. The topological polar surface area (TPSA) is 12.0 Å². The van der Waals surface area contributed by atoms with Crippen LogP contribution in [0.25, 0.3) is 0 Å². The Morgan fingerprint density at radius 1 is 1.86 bits per heavy atom. The van der Waals surface area contributed by atoms with Gasteiger partial charge >= 0.3 is 0 Å². The summed E-state index contributed by atoms with van der Waals surface area (Å²) < 4.78 is 0. The predicted octanol–water partition coefficient (Wildman–Crippen LogP) is 0.900. The molecule has 0 rings (SSSR count). The first kappa shape index (κ1) is 6.96. The van der Waals surface area contributed by atoms with Gasteiger partial charge < -0.3 is 5.32 Å². The average Bonchev–Trinajstić information content (AvgIpc) is 1.72. The summed E-state index contributed by atoms with van der Waals surface area (Å²) in [6.45, 7) is 8.98. The number of hydrogen-bond acceptors (Lipinski definition) is 1. The van der Waals surface area contributed by atoms with Gasteiger partial charge in [-0.2, -0.15) is 0 Å². The third kappa shape index (κ3) is 2.63. The minimum atomic E-state index is 0.403. The zero-order valence-corrected chi connectivity index (χ0v) is 4.78. The fourth-order valence-electron chi connectivity index (χ4n) is 0.380. The van der Waals surface area contributed by atoms with E-state index in [2.05, 4.69) is 12.2 Å². The summed E-state index contributed by atoms with van der Waals surface area (Å²) in [7, 11) is 1.89. The van der Waals surface area contributed by atoms with Gasteiger partial charge in [0.25, 0.3) is 0 Å². The van der Waals surface area contributed by atoms with E-state index in [0.717, 1.165) is 6.42 Å². The van der Waals surface area contributed by atoms with Crippen LogP contribution in [0, 0.1) is 13.8 Å². The lowest BCUT2D eigenvalue weighted by atomic mass is 10.2. The molecule has 7 heavy (non-hydrogen) atoms. The largest absolute Gasteiger partial charge is 0.317 e. The van der Waals surface area contributed by atoms with E-state index in [0.29, 0.717) is 12.5 Å². The van der Waals surface area contributed by atoms with E-state index < -0.39 is 0 Å². The van der Waals surface area contributed by atoms with Crippen molar-refractivity contribution in [2.75, 3.05) is 7.05 Å². The van der Waals surface area contributed by atoms with Gasteiger partial charge in [-0.15, -0.1) is 0 Å². The highest BCUT2D eigenvalue weighted by Crippen LogP contribution is 1.91. The van der Waals surface area contributed by atoms with Crippen LogP contribution in [-0.2, 0) is 0 Å². The van der Waals surface area contributed by atoms with Crippen molar-refractivity contribution in [1.29, 1.82) is 0 Å². The molecule has 1 unspecified atom stereocenters. The molecule has 0 spiro atoms. The maximum Gasteiger partial charge on any atom is 0.00669 e. The fraction of sp³-hybridized carbons (Fsp3) is 0.667. The molecular weight excluding hydrogens is 86.1 g/mol. The number of nitrogens with one attached hydrogen (secondary N) is 1. The van der Waals surface area contributed by atoms with Crippen molar-refractivity contribution < 1.29 is 0 Å². The van der Waals surface area contributed by atoms with Gasteiger partial charge in [0.1, 0.15) is 0 Å². The van der Waals surface area contributed by atoms with Crippen LogP contribution in [0.1, 0.15) is 12.8 Å². The Hall–Kier alpha value is -0.0400. The summed E-state index contributed by atoms with van der Waals surface area (Å²) in [5.41, 5.74) is 0. The van der Waals surface area contributed by atoms with Crippen molar-refractivity contribution in [2.45, 2.75) is 18.9 Å². The summed E-state index contributed by atoms with van der Waals surface area (Å²) in [5.74, 6) is 0. The van der Waals surface area contributed by atoms with Crippen molar-refractivity contribution in [3.63, 3.8) is 0 Å². The van der Waals surface area contributed by atoms with E-state index in [1.807, 2.05) is 7.05 Å². The third-order valence-corrected chi connectivity index (χ3v) is 1.04. The molecule has 0 aliphatic rings. The van der Waals surface area contributed by atoms with E-state index in [1.54, 1.807) is 0 Å². The lowest BCUT2D eigenvalue weighted by molar-refractivity contribution is 0.573. The molecule has 3 radical (unpaired) electrons. The van der Waals surface area contributed by atoms with Gasteiger partial charge in [0.05, 0.1) is 0 Å². The van der Waals surface area contributed by atoms with Gasteiger partial charge in [0.15, 0.2) is 0 Å². The average molecular weight is 98.2 g/mol. The predicted molar refractivity (Wildman–Crippen MR) is 31.7 cm³/mol. The Balaban J connectivity index is 2.99. The first-order chi connectivity index (χ1) is 3.35. The van der Waals surface area contributed by atoms with Crippen molar-refractivity contribution in [2.24, 2.45) is 0 Å². The molecule has 0 saturated heterocycles. The molecule has 0 aromatic rings. The SMILES string of the molecule is [CH]CC(C[CH2])NC. The molecule has 0 aromatic carbocycles. The molecule has 0 saturated carbocycles. The maximum absolute atomic E-state index is 5.29. The summed E-state index contributed by atoms with van der Waals surface area (Å²) in [6, 6.07) is 0.403. The second-order valence-corrected chi connectivity index (χ2v) is 1.51. The second-order valence-electron chi connectivity index (χ2n) is 1.51. The van der Waals surface area contributed by atoms with Gasteiger partial charge in [-0.25, -0.2) is 0 Å². The third-order valence-electron chi connectivity index (χ3n) is 1.04. The highest BCUT2D eigenvalue weighted by atomic mass is 14.9. The monoisotopic (exact) mass is 98.1 g/mol. The van der Waals surface area contributed by atoms with E-state index in [9.17, 15) is 0 Å². The lowest BCUT2D eigenvalue weighted by Gasteiger charge is -2.07. The van der Waals surface area contributed by atoms with E-state index in [4.69, 9.17) is 6.92 Å². The molecule has 0 fully saturated rings. The molecule has 1 heteroatoms. The Kier molecular flexibility index (Phi) is 4.10. The fourth-order valence-corrected chi connectivity index (χ4v) is 0.380. The quantitative estimate of drug-likeness (QED) is 0.553. The molecule has 0 heterocycles. The normalized spacial score (nSPS) is 10.3. The smallest absolute Gasteiger partial charge is 0.00669 e. The molecule has 0 aliphatic heterocycles.